The standard InChI is InChI=1S/C22H25IN2O/c1-16-14-19(17(2)25(16)21-8-6-20(23)7-9-21)15-18-4-3-5-22(18)24-10-12-26-13-11-24/h5-9,14-15H,3-4,10-13H2,1-2H3/b18-15+. The molecule has 0 unspecified atom stereocenters. The number of nitrogens with zero attached hydrogens (tertiary/aromatic N) is 2. The van der Waals surface area contributed by atoms with Crippen LogP contribution in [0.1, 0.15) is 29.8 Å². The Labute approximate surface area is 169 Å². The van der Waals surface area contributed by atoms with Gasteiger partial charge in [0, 0.05) is 39.4 Å². The fourth-order valence-corrected chi connectivity index (χ4v) is 4.37. The third-order valence-corrected chi connectivity index (χ3v) is 6.04. The van der Waals surface area contributed by atoms with Gasteiger partial charge in [0.15, 0.2) is 0 Å². The van der Waals surface area contributed by atoms with E-state index in [1.54, 1.807) is 0 Å². The minimum absolute atomic E-state index is 0.839. The van der Waals surface area contributed by atoms with Crippen LogP contribution in [0.15, 0.2) is 47.7 Å². The van der Waals surface area contributed by atoms with Crippen molar-refractivity contribution in [2.75, 3.05) is 26.3 Å². The van der Waals surface area contributed by atoms with Gasteiger partial charge < -0.3 is 14.2 Å². The van der Waals surface area contributed by atoms with Crippen LogP contribution in [0.3, 0.4) is 0 Å². The van der Waals surface area contributed by atoms with Crippen molar-refractivity contribution in [3.63, 3.8) is 0 Å². The topological polar surface area (TPSA) is 17.4 Å². The van der Waals surface area contributed by atoms with Crippen molar-refractivity contribution in [1.82, 2.24) is 9.47 Å². The first-order chi connectivity index (χ1) is 12.6. The number of halogens is 1. The van der Waals surface area contributed by atoms with Crippen molar-refractivity contribution in [3.05, 3.63) is 68.2 Å². The highest BCUT2D eigenvalue weighted by Gasteiger charge is 2.21. The average Bonchev–Trinajstić information content (AvgIpc) is 3.22. The summed E-state index contributed by atoms with van der Waals surface area (Å²) in [6.45, 7) is 8.11. The van der Waals surface area contributed by atoms with Gasteiger partial charge in [-0.3, -0.25) is 0 Å². The van der Waals surface area contributed by atoms with Crippen LogP contribution in [-0.4, -0.2) is 35.8 Å². The highest BCUT2D eigenvalue weighted by molar-refractivity contribution is 14.1. The molecule has 0 radical (unpaired) electrons. The van der Waals surface area contributed by atoms with E-state index in [0.717, 1.165) is 39.1 Å². The molecule has 3 nitrogen and oxygen atoms in total. The van der Waals surface area contributed by atoms with Crippen LogP contribution in [0.2, 0.25) is 0 Å². The Morgan fingerprint density at radius 1 is 1.08 bits per heavy atom. The molecule has 0 atom stereocenters. The van der Waals surface area contributed by atoms with Crippen LogP contribution in [0.5, 0.6) is 0 Å². The Balaban J connectivity index is 1.66. The van der Waals surface area contributed by atoms with E-state index in [9.17, 15) is 0 Å². The highest BCUT2D eigenvalue weighted by Crippen LogP contribution is 2.32. The molecule has 1 fully saturated rings. The van der Waals surface area contributed by atoms with Crippen molar-refractivity contribution in [3.8, 4) is 5.69 Å². The van der Waals surface area contributed by atoms with Gasteiger partial charge in [-0.05, 0) is 96.8 Å². The van der Waals surface area contributed by atoms with Gasteiger partial charge in [-0.1, -0.05) is 6.08 Å². The summed E-state index contributed by atoms with van der Waals surface area (Å²) < 4.78 is 9.14. The predicted octanol–water partition coefficient (Wildman–Crippen LogP) is 5.09. The summed E-state index contributed by atoms with van der Waals surface area (Å²) in [5, 5.41) is 0. The summed E-state index contributed by atoms with van der Waals surface area (Å²) in [6.07, 6.45) is 7.09. The molecule has 4 heteroatoms. The largest absolute Gasteiger partial charge is 0.378 e. The zero-order valence-corrected chi connectivity index (χ0v) is 17.6. The van der Waals surface area contributed by atoms with E-state index in [1.807, 2.05) is 0 Å². The number of aryl methyl sites for hydroxylation is 1. The lowest BCUT2D eigenvalue weighted by atomic mass is 10.1. The molecule has 2 aliphatic rings. The maximum atomic E-state index is 5.52. The fourth-order valence-electron chi connectivity index (χ4n) is 4.02. The van der Waals surface area contributed by atoms with Gasteiger partial charge in [-0.15, -0.1) is 0 Å². The maximum absolute atomic E-state index is 5.52. The molecule has 1 saturated heterocycles. The molecule has 1 aromatic carbocycles. The van der Waals surface area contributed by atoms with Gasteiger partial charge in [-0.25, -0.2) is 0 Å². The monoisotopic (exact) mass is 460 g/mol. The summed E-state index contributed by atoms with van der Waals surface area (Å²) in [5.74, 6) is 0. The van der Waals surface area contributed by atoms with Gasteiger partial charge in [0.05, 0.1) is 13.2 Å². The van der Waals surface area contributed by atoms with Crippen LogP contribution in [0.4, 0.5) is 0 Å². The van der Waals surface area contributed by atoms with E-state index >= 15 is 0 Å². The molecule has 0 bridgehead atoms. The quantitative estimate of drug-likeness (QED) is 0.594. The number of benzene rings is 1. The van der Waals surface area contributed by atoms with Crippen molar-refractivity contribution in [2.45, 2.75) is 26.7 Å². The van der Waals surface area contributed by atoms with E-state index in [-0.39, 0.29) is 0 Å². The van der Waals surface area contributed by atoms with Crippen molar-refractivity contribution < 1.29 is 4.74 Å². The first-order valence-electron chi connectivity index (χ1n) is 9.32. The molecule has 4 rings (SSSR count). The fraction of sp³-hybridized carbons (Fsp3) is 0.364. The SMILES string of the molecule is Cc1cc(/C=C2\CCC=C2N2CCOCC2)c(C)n1-c1ccc(I)cc1. The Morgan fingerprint density at radius 3 is 2.54 bits per heavy atom. The zero-order chi connectivity index (χ0) is 18.1. The first kappa shape index (κ1) is 17.9. The van der Waals surface area contributed by atoms with Crippen LogP contribution in [0.25, 0.3) is 11.8 Å². The summed E-state index contributed by atoms with van der Waals surface area (Å²) in [4.78, 5) is 2.49. The Bertz CT molecular complexity index is 855. The summed E-state index contributed by atoms with van der Waals surface area (Å²) in [7, 11) is 0. The molecular weight excluding hydrogens is 435 g/mol. The number of allylic oxidation sites excluding steroid dienone is 2. The van der Waals surface area contributed by atoms with Crippen molar-refractivity contribution >= 4 is 28.7 Å². The van der Waals surface area contributed by atoms with Gasteiger partial charge in [0.25, 0.3) is 0 Å². The minimum Gasteiger partial charge on any atom is -0.378 e. The van der Waals surface area contributed by atoms with Gasteiger partial charge in [-0.2, -0.15) is 0 Å². The molecule has 1 aliphatic carbocycles. The Morgan fingerprint density at radius 2 is 1.81 bits per heavy atom. The number of hydrogen-bond donors (Lipinski definition) is 0. The van der Waals surface area contributed by atoms with Crippen molar-refractivity contribution in [1.29, 1.82) is 0 Å². The molecule has 0 N–H and O–H groups in total. The molecule has 2 heterocycles. The molecule has 26 heavy (non-hydrogen) atoms. The van der Waals surface area contributed by atoms with E-state index in [0.29, 0.717) is 0 Å². The maximum Gasteiger partial charge on any atom is 0.0642 e. The molecule has 1 aromatic heterocycles. The molecule has 0 spiro atoms. The summed E-state index contributed by atoms with van der Waals surface area (Å²) in [5.41, 5.74) is 8.05. The predicted molar refractivity (Wildman–Crippen MR) is 116 cm³/mol. The van der Waals surface area contributed by atoms with Crippen LogP contribution >= 0.6 is 22.6 Å². The lowest BCUT2D eigenvalue weighted by Gasteiger charge is -2.30. The number of morpholine rings is 1. The number of rotatable bonds is 3. The molecule has 2 aromatic rings. The normalized spacial score (nSPS) is 19.3. The number of aromatic nitrogens is 1. The first-order valence-corrected chi connectivity index (χ1v) is 10.4. The summed E-state index contributed by atoms with van der Waals surface area (Å²) >= 11 is 2.36. The third-order valence-electron chi connectivity index (χ3n) is 5.32. The van der Waals surface area contributed by atoms with Crippen LogP contribution in [0, 0.1) is 17.4 Å². The zero-order valence-electron chi connectivity index (χ0n) is 15.5. The second-order valence-corrected chi connectivity index (χ2v) is 8.28. The average molecular weight is 460 g/mol. The number of ether oxygens (including phenoxy) is 1. The second kappa shape index (κ2) is 7.61. The smallest absolute Gasteiger partial charge is 0.0642 e. The van der Waals surface area contributed by atoms with E-state index in [4.69, 9.17) is 4.74 Å². The molecule has 136 valence electrons. The Kier molecular flexibility index (Phi) is 5.23. The summed E-state index contributed by atoms with van der Waals surface area (Å²) in [6, 6.07) is 11.1. The number of hydrogen-bond acceptors (Lipinski definition) is 2. The van der Waals surface area contributed by atoms with Gasteiger partial charge in [0.1, 0.15) is 0 Å². The van der Waals surface area contributed by atoms with Gasteiger partial charge >= 0.3 is 0 Å². The van der Waals surface area contributed by atoms with Gasteiger partial charge in [0.2, 0.25) is 0 Å². The lowest BCUT2D eigenvalue weighted by molar-refractivity contribution is 0.0550. The Hall–Kier alpha value is -1.53. The molecule has 0 amide bonds. The van der Waals surface area contributed by atoms with E-state index in [1.165, 1.54) is 37.5 Å². The van der Waals surface area contributed by atoms with E-state index < -0.39 is 0 Å². The highest BCUT2D eigenvalue weighted by atomic mass is 127. The lowest BCUT2D eigenvalue weighted by Crippen LogP contribution is -2.35. The third kappa shape index (κ3) is 3.49. The van der Waals surface area contributed by atoms with Crippen LogP contribution < -0.4 is 0 Å². The van der Waals surface area contributed by atoms with Crippen LogP contribution in [-0.2, 0) is 4.74 Å². The van der Waals surface area contributed by atoms with E-state index in [2.05, 4.69) is 88.4 Å². The van der Waals surface area contributed by atoms with Crippen molar-refractivity contribution in [2.24, 2.45) is 0 Å². The molecule has 1 aliphatic heterocycles. The minimum atomic E-state index is 0.839. The second-order valence-electron chi connectivity index (χ2n) is 7.04. The molecule has 0 saturated carbocycles. The molecular formula is C22H25IN2O.